The van der Waals surface area contributed by atoms with Gasteiger partial charge < -0.3 is 10.1 Å². The van der Waals surface area contributed by atoms with Gasteiger partial charge in [-0.1, -0.05) is 0 Å². The van der Waals surface area contributed by atoms with Crippen LogP contribution in [0.2, 0.25) is 0 Å². The number of ether oxygens (including phenoxy) is 1. The molecular weight excluding hydrogens is 316 g/mol. The van der Waals surface area contributed by atoms with Crippen molar-refractivity contribution in [3.63, 3.8) is 0 Å². The number of nitrogens with zero attached hydrogens (tertiary/aromatic N) is 1. The first kappa shape index (κ1) is 16.4. The van der Waals surface area contributed by atoms with Crippen LogP contribution in [0.15, 0.2) is 23.1 Å². The molecule has 3 rings (SSSR count). The van der Waals surface area contributed by atoms with Gasteiger partial charge in [0.15, 0.2) is 0 Å². The monoisotopic (exact) mass is 338 g/mol. The average molecular weight is 338 g/mol. The fraction of sp³-hybridized carbons (Fsp3) is 0.562. The molecule has 2 atom stereocenters. The highest BCUT2D eigenvalue weighted by atomic mass is 32.2. The third-order valence-electron chi connectivity index (χ3n) is 4.74. The largest absolute Gasteiger partial charge is 0.465 e. The standard InChI is InChI=1S/C16H22N2O4S/c1-11-9-12(16(19)22-2)3-6-15(11)23(20,21)18-13-4-5-14(18)10-17-8-7-13/h3,6,9,13-14,17H,4-5,7-8,10H2,1-2H3. The smallest absolute Gasteiger partial charge is 0.337 e. The van der Waals surface area contributed by atoms with Crippen molar-refractivity contribution in [2.45, 2.75) is 43.2 Å². The van der Waals surface area contributed by atoms with Gasteiger partial charge in [0.25, 0.3) is 0 Å². The van der Waals surface area contributed by atoms with E-state index in [1.54, 1.807) is 17.3 Å². The SMILES string of the molecule is COC(=O)c1ccc(S(=O)(=O)N2C3CCNCC2CC3)c(C)c1. The van der Waals surface area contributed by atoms with Gasteiger partial charge in [-0.05, 0) is 56.5 Å². The van der Waals surface area contributed by atoms with E-state index in [1.165, 1.54) is 19.2 Å². The number of esters is 1. The summed E-state index contributed by atoms with van der Waals surface area (Å²) < 4.78 is 32.7. The molecule has 2 saturated heterocycles. The van der Waals surface area contributed by atoms with Crippen molar-refractivity contribution in [1.82, 2.24) is 9.62 Å². The minimum absolute atomic E-state index is 0.0205. The third kappa shape index (κ3) is 2.88. The van der Waals surface area contributed by atoms with Gasteiger partial charge in [-0.2, -0.15) is 4.31 Å². The number of hydrogen-bond acceptors (Lipinski definition) is 5. The van der Waals surface area contributed by atoms with Crippen molar-refractivity contribution in [3.05, 3.63) is 29.3 Å². The summed E-state index contributed by atoms with van der Waals surface area (Å²) in [7, 11) is -2.25. The van der Waals surface area contributed by atoms with Crippen LogP contribution in [-0.2, 0) is 14.8 Å². The lowest BCUT2D eigenvalue weighted by atomic mass is 10.1. The zero-order valence-corrected chi connectivity index (χ0v) is 14.2. The van der Waals surface area contributed by atoms with Crippen LogP contribution in [0, 0.1) is 6.92 Å². The first-order chi connectivity index (χ1) is 10.9. The predicted molar refractivity (Wildman–Crippen MR) is 85.8 cm³/mol. The molecule has 2 aliphatic heterocycles. The van der Waals surface area contributed by atoms with Gasteiger partial charge in [0.05, 0.1) is 17.6 Å². The fourth-order valence-corrected chi connectivity index (χ4v) is 5.74. The second-order valence-electron chi connectivity index (χ2n) is 6.18. The van der Waals surface area contributed by atoms with Crippen molar-refractivity contribution in [2.24, 2.45) is 0 Å². The Morgan fingerprint density at radius 2 is 2.00 bits per heavy atom. The maximum absolute atomic E-state index is 13.2. The molecule has 2 unspecified atom stereocenters. The summed E-state index contributed by atoms with van der Waals surface area (Å²) in [5, 5.41) is 3.31. The molecule has 126 valence electrons. The lowest BCUT2D eigenvalue weighted by molar-refractivity contribution is 0.0600. The van der Waals surface area contributed by atoms with Crippen molar-refractivity contribution in [1.29, 1.82) is 0 Å². The summed E-state index contributed by atoms with van der Waals surface area (Å²) in [5.41, 5.74) is 0.939. The number of carbonyl (C=O) groups is 1. The van der Waals surface area contributed by atoms with Crippen LogP contribution in [0.1, 0.15) is 35.2 Å². The molecule has 0 amide bonds. The Morgan fingerprint density at radius 1 is 1.26 bits per heavy atom. The quantitative estimate of drug-likeness (QED) is 0.841. The molecule has 1 aromatic rings. The van der Waals surface area contributed by atoms with Gasteiger partial charge in [-0.25, -0.2) is 13.2 Å². The topological polar surface area (TPSA) is 75.7 Å². The van der Waals surface area contributed by atoms with Gasteiger partial charge in [-0.3, -0.25) is 0 Å². The molecule has 0 aromatic heterocycles. The summed E-state index contributed by atoms with van der Waals surface area (Å²) in [6, 6.07) is 4.71. The van der Waals surface area contributed by atoms with Crippen LogP contribution in [0.4, 0.5) is 0 Å². The Kier molecular flexibility index (Phi) is 4.44. The summed E-state index contributed by atoms with van der Waals surface area (Å²) in [4.78, 5) is 11.9. The summed E-state index contributed by atoms with van der Waals surface area (Å²) in [6.45, 7) is 3.28. The Hall–Kier alpha value is -1.44. The van der Waals surface area contributed by atoms with Crippen molar-refractivity contribution in [3.8, 4) is 0 Å². The second-order valence-corrected chi connectivity index (χ2v) is 8.00. The van der Waals surface area contributed by atoms with Gasteiger partial charge in [0.2, 0.25) is 10.0 Å². The number of fused-ring (bicyclic) bond motifs is 2. The zero-order valence-electron chi connectivity index (χ0n) is 13.4. The average Bonchev–Trinajstić information content (AvgIpc) is 2.79. The van der Waals surface area contributed by atoms with Crippen LogP contribution in [-0.4, -0.2) is 51.0 Å². The maximum Gasteiger partial charge on any atom is 0.337 e. The third-order valence-corrected chi connectivity index (χ3v) is 6.90. The number of carbonyl (C=O) groups excluding carboxylic acids is 1. The van der Waals surface area contributed by atoms with E-state index in [9.17, 15) is 13.2 Å². The number of aryl methyl sites for hydroxylation is 1. The molecule has 0 aliphatic carbocycles. The van der Waals surface area contributed by atoms with E-state index in [0.29, 0.717) is 17.7 Å². The van der Waals surface area contributed by atoms with E-state index in [0.717, 1.165) is 25.8 Å². The molecule has 6 nitrogen and oxygen atoms in total. The van der Waals surface area contributed by atoms with Crippen molar-refractivity contribution >= 4 is 16.0 Å². The van der Waals surface area contributed by atoms with Gasteiger partial charge in [-0.15, -0.1) is 0 Å². The van der Waals surface area contributed by atoms with Crippen LogP contribution >= 0.6 is 0 Å². The number of hydrogen-bond donors (Lipinski definition) is 1. The van der Waals surface area contributed by atoms with Crippen LogP contribution < -0.4 is 5.32 Å². The molecule has 7 heteroatoms. The Labute approximate surface area is 136 Å². The molecule has 2 aliphatic rings. The highest BCUT2D eigenvalue weighted by Crippen LogP contribution is 2.34. The summed E-state index contributed by atoms with van der Waals surface area (Å²) in [6.07, 6.45) is 2.66. The van der Waals surface area contributed by atoms with Crippen LogP contribution in [0.5, 0.6) is 0 Å². The van der Waals surface area contributed by atoms with Crippen LogP contribution in [0.3, 0.4) is 0 Å². The minimum Gasteiger partial charge on any atom is -0.465 e. The lowest BCUT2D eigenvalue weighted by Crippen LogP contribution is -2.42. The maximum atomic E-state index is 13.2. The number of nitrogens with one attached hydrogen (secondary N) is 1. The number of sulfonamides is 1. The fourth-order valence-electron chi connectivity index (χ4n) is 3.63. The van der Waals surface area contributed by atoms with E-state index in [4.69, 9.17) is 0 Å². The second kappa shape index (κ2) is 6.22. The molecule has 2 heterocycles. The number of benzene rings is 1. The number of rotatable bonds is 3. The molecule has 2 fully saturated rings. The summed E-state index contributed by atoms with van der Waals surface area (Å²) >= 11 is 0. The van der Waals surface area contributed by atoms with E-state index >= 15 is 0 Å². The highest BCUT2D eigenvalue weighted by molar-refractivity contribution is 7.89. The molecule has 0 spiro atoms. The first-order valence-corrected chi connectivity index (χ1v) is 9.32. The Balaban J connectivity index is 1.98. The van der Waals surface area contributed by atoms with E-state index in [-0.39, 0.29) is 17.0 Å². The van der Waals surface area contributed by atoms with Gasteiger partial charge in [0, 0.05) is 18.6 Å². The van der Waals surface area contributed by atoms with Crippen molar-refractivity contribution in [2.75, 3.05) is 20.2 Å². The number of methoxy groups -OCH3 is 1. The molecule has 1 aromatic carbocycles. The molecule has 0 radical (unpaired) electrons. The Bertz CT molecular complexity index is 703. The van der Waals surface area contributed by atoms with Crippen LogP contribution in [0.25, 0.3) is 0 Å². The van der Waals surface area contributed by atoms with E-state index in [1.807, 2.05) is 0 Å². The molecule has 2 bridgehead atoms. The molecule has 23 heavy (non-hydrogen) atoms. The van der Waals surface area contributed by atoms with E-state index < -0.39 is 16.0 Å². The highest BCUT2D eigenvalue weighted by Gasteiger charge is 2.43. The van der Waals surface area contributed by atoms with E-state index in [2.05, 4.69) is 10.1 Å². The van der Waals surface area contributed by atoms with Gasteiger partial charge >= 0.3 is 5.97 Å². The first-order valence-electron chi connectivity index (χ1n) is 7.88. The normalized spacial score (nSPS) is 25.1. The molecule has 0 saturated carbocycles. The summed E-state index contributed by atoms with van der Waals surface area (Å²) in [5.74, 6) is -0.462. The Morgan fingerprint density at radius 3 is 2.70 bits per heavy atom. The van der Waals surface area contributed by atoms with Crippen molar-refractivity contribution < 1.29 is 17.9 Å². The van der Waals surface area contributed by atoms with Gasteiger partial charge in [0.1, 0.15) is 0 Å². The zero-order chi connectivity index (χ0) is 16.6. The minimum atomic E-state index is -3.56. The lowest BCUT2D eigenvalue weighted by Gasteiger charge is -2.27. The molecular formula is C16H22N2O4S. The predicted octanol–water partition coefficient (Wildman–Crippen LogP) is 1.30. The molecule has 1 N–H and O–H groups in total.